The fraction of sp³-hybridized carbons (Fsp3) is 0.0667. The molecule has 3 aromatic rings. The molecule has 0 radical (unpaired) electrons. The number of para-hydroxylation sites is 1. The first-order valence-corrected chi connectivity index (χ1v) is 8.56. The first-order valence-electron chi connectivity index (χ1n) is 6.28. The molecule has 0 aliphatic heterocycles. The van der Waals surface area contributed by atoms with Crippen LogP contribution in [-0.2, 0) is 9.84 Å². The van der Waals surface area contributed by atoms with E-state index in [1.165, 1.54) is 12.1 Å². The topological polar surface area (TPSA) is 76.0 Å². The van der Waals surface area contributed by atoms with Gasteiger partial charge in [-0.25, -0.2) is 8.42 Å². The number of fused-ring (bicyclic) bond motifs is 1. The van der Waals surface area contributed by atoms with Gasteiger partial charge in [0.2, 0.25) is 9.84 Å². The Labute approximate surface area is 131 Å². The molecule has 0 unspecified atom stereocenters. The number of benzene rings is 2. The maximum absolute atomic E-state index is 12.9. The SMILES string of the molecule is Cc1[nH]c2ccccc2c1S(=O)(=O)c1ccc(N)c(Br)c1. The maximum atomic E-state index is 12.9. The van der Waals surface area contributed by atoms with Gasteiger partial charge in [0.1, 0.15) is 0 Å². The number of halogens is 1. The molecule has 0 spiro atoms. The van der Waals surface area contributed by atoms with Crippen molar-refractivity contribution in [2.75, 3.05) is 5.73 Å². The normalized spacial score (nSPS) is 11.9. The highest BCUT2D eigenvalue weighted by Gasteiger charge is 2.24. The molecule has 0 bridgehead atoms. The predicted molar refractivity (Wildman–Crippen MR) is 87.0 cm³/mol. The summed E-state index contributed by atoms with van der Waals surface area (Å²) in [4.78, 5) is 3.65. The smallest absolute Gasteiger partial charge is 0.209 e. The van der Waals surface area contributed by atoms with Gasteiger partial charge >= 0.3 is 0 Å². The Hall–Kier alpha value is -1.79. The van der Waals surface area contributed by atoms with Gasteiger partial charge in [-0.2, -0.15) is 0 Å². The van der Waals surface area contributed by atoms with Crippen molar-refractivity contribution in [2.45, 2.75) is 16.7 Å². The van der Waals surface area contributed by atoms with Crippen molar-refractivity contribution in [1.29, 1.82) is 0 Å². The Bertz CT molecular complexity index is 945. The minimum absolute atomic E-state index is 0.219. The van der Waals surface area contributed by atoms with Crippen molar-refractivity contribution in [3.63, 3.8) is 0 Å². The summed E-state index contributed by atoms with van der Waals surface area (Å²) in [5, 5.41) is 0.697. The van der Waals surface area contributed by atoms with Crippen LogP contribution in [0.2, 0.25) is 0 Å². The zero-order chi connectivity index (χ0) is 15.2. The quantitative estimate of drug-likeness (QED) is 0.681. The highest BCUT2D eigenvalue weighted by atomic mass is 79.9. The molecule has 1 aromatic heterocycles. The van der Waals surface area contributed by atoms with E-state index >= 15 is 0 Å². The molecule has 0 saturated carbocycles. The molecule has 4 nitrogen and oxygen atoms in total. The summed E-state index contributed by atoms with van der Waals surface area (Å²) in [6.45, 7) is 1.76. The van der Waals surface area contributed by atoms with Crippen LogP contribution in [0.4, 0.5) is 5.69 Å². The highest BCUT2D eigenvalue weighted by Crippen LogP contribution is 2.33. The van der Waals surface area contributed by atoms with E-state index in [-0.39, 0.29) is 4.90 Å². The number of nitrogens with two attached hydrogens (primary N) is 1. The van der Waals surface area contributed by atoms with E-state index in [9.17, 15) is 8.42 Å². The third-order valence-corrected chi connectivity index (χ3v) is 6.01. The molecule has 108 valence electrons. The van der Waals surface area contributed by atoms with E-state index in [0.717, 1.165) is 5.52 Å². The summed E-state index contributed by atoms with van der Waals surface area (Å²) in [5.41, 5.74) is 7.66. The molecule has 3 N–H and O–H groups in total. The third kappa shape index (κ3) is 2.24. The number of aromatic nitrogens is 1. The van der Waals surface area contributed by atoms with Crippen molar-refractivity contribution in [2.24, 2.45) is 0 Å². The summed E-state index contributed by atoms with van der Waals surface area (Å²) in [5.74, 6) is 0. The fourth-order valence-electron chi connectivity index (χ4n) is 2.39. The van der Waals surface area contributed by atoms with Crippen LogP contribution >= 0.6 is 15.9 Å². The van der Waals surface area contributed by atoms with Crippen LogP contribution in [0.1, 0.15) is 5.69 Å². The average Bonchev–Trinajstić information content (AvgIpc) is 2.78. The molecule has 0 fully saturated rings. The second kappa shape index (κ2) is 4.89. The number of nitrogens with one attached hydrogen (secondary N) is 1. The monoisotopic (exact) mass is 364 g/mol. The molecular weight excluding hydrogens is 352 g/mol. The average molecular weight is 365 g/mol. The molecular formula is C15H13BrN2O2S. The maximum Gasteiger partial charge on any atom is 0.209 e. The first-order chi connectivity index (χ1) is 9.91. The summed E-state index contributed by atoms with van der Waals surface area (Å²) in [7, 11) is -3.61. The van der Waals surface area contributed by atoms with Gasteiger partial charge < -0.3 is 10.7 Å². The van der Waals surface area contributed by atoms with E-state index in [2.05, 4.69) is 20.9 Å². The minimum Gasteiger partial charge on any atom is -0.398 e. The molecule has 0 atom stereocenters. The summed E-state index contributed by atoms with van der Waals surface area (Å²) in [6.07, 6.45) is 0. The molecule has 2 aromatic carbocycles. The van der Waals surface area contributed by atoms with Gasteiger partial charge in [-0.1, -0.05) is 18.2 Å². The van der Waals surface area contributed by atoms with E-state index < -0.39 is 9.84 Å². The Balaban J connectivity index is 2.30. The van der Waals surface area contributed by atoms with Gasteiger partial charge in [-0.15, -0.1) is 0 Å². The number of anilines is 1. The molecule has 0 aliphatic rings. The van der Waals surface area contributed by atoms with Crippen LogP contribution < -0.4 is 5.73 Å². The van der Waals surface area contributed by atoms with E-state index in [1.807, 2.05) is 18.2 Å². The van der Waals surface area contributed by atoms with E-state index in [4.69, 9.17) is 5.73 Å². The number of aromatic amines is 1. The van der Waals surface area contributed by atoms with Crippen LogP contribution in [-0.4, -0.2) is 13.4 Å². The Morgan fingerprint density at radius 2 is 1.86 bits per heavy atom. The van der Waals surface area contributed by atoms with Crippen molar-refractivity contribution in [3.05, 3.63) is 52.6 Å². The second-order valence-corrected chi connectivity index (χ2v) is 7.55. The summed E-state index contributed by atoms with van der Waals surface area (Å²) < 4.78 is 26.4. The van der Waals surface area contributed by atoms with Crippen LogP contribution in [0.25, 0.3) is 10.9 Å². The van der Waals surface area contributed by atoms with Crippen LogP contribution in [0.3, 0.4) is 0 Å². The molecule has 21 heavy (non-hydrogen) atoms. The Morgan fingerprint density at radius 1 is 1.14 bits per heavy atom. The zero-order valence-corrected chi connectivity index (χ0v) is 13.6. The number of hydrogen-bond donors (Lipinski definition) is 2. The lowest BCUT2D eigenvalue weighted by Gasteiger charge is -2.07. The number of H-pyrrole nitrogens is 1. The second-order valence-electron chi connectivity index (χ2n) is 4.81. The lowest BCUT2D eigenvalue weighted by molar-refractivity contribution is 0.596. The number of aryl methyl sites for hydroxylation is 1. The Morgan fingerprint density at radius 3 is 2.57 bits per heavy atom. The van der Waals surface area contributed by atoms with Gasteiger partial charge in [0.15, 0.2) is 0 Å². The molecule has 1 heterocycles. The fourth-order valence-corrected chi connectivity index (χ4v) is 4.60. The number of rotatable bonds is 2. The van der Waals surface area contributed by atoms with Gasteiger partial charge in [-0.05, 0) is 47.1 Å². The predicted octanol–water partition coefficient (Wildman–Crippen LogP) is 3.65. The first kappa shape index (κ1) is 14.2. The van der Waals surface area contributed by atoms with Gasteiger partial charge in [0.05, 0.1) is 9.79 Å². The van der Waals surface area contributed by atoms with Crippen molar-refractivity contribution in [1.82, 2.24) is 4.98 Å². The van der Waals surface area contributed by atoms with Gasteiger partial charge in [0, 0.05) is 26.8 Å². The van der Waals surface area contributed by atoms with Gasteiger partial charge in [-0.3, -0.25) is 0 Å². The molecule has 0 aliphatic carbocycles. The van der Waals surface area contributed by atoms with Crippen LogP contribution in [0, 0.1) is 6.92 Å². The standard InChI is InChI=1S/C15H13BrN2O2S/c1-9-15(11-4-2-3-5-14(11)18-9)21(19,20)10-6-7-13(17)12(16)8-10/h2-8,18H,17H2,1H3. The van der Waals surface area contributed by atoms with Crippen molar-refractivity contribution < 1.29 is 8.42 Å². The van der Waals surface area contributed by atoms with Crippen LogP contribution in [0.15, 0.2) is 56.7 Å². The van der Waals surface area contributed by atoms with E-state index in [1.54, 1.807) is 19.1 Å². The van der Waals surface area contributed by atoms with Crippen LogP contribution in [0.5, 0.6) is 0 Å². The largest absolute Gasteiger partial charge is 0.398 e. The van der Waals surface area contributed by atoms with E-state index in [0.29, 0.717) is 26.1 Å². The lowest BCUT2D eigenvalue weighted by atomic mass is 10.2. The summed E-state index contributed by atoms with van der Waals surface area (Å²) in [6, 6.07) is 12.0. The molecule has 0 amide bonds. The van der Waals surface area contributed by atoms with Crippen molar-refractivity contribution in [3.8, 4) is 0 Å². The Kier molecular flexibility index (Phi) is 3.30. The third-order valence-electron chi connectivity index (χ3n) is 3.39. The number of sulfone groups is 1. The van der Waals surface area contributed by atoms with Crippen molar-refractivity contribution >= 4 is 42.4 Å². The zero-order valence-electron chi connectivity index (χ0n) is 11.2. The molecule has 0 saturated heterocycles. The molecule has 3 rings (SSSR count). The number of hydrogen-bond acceptors (Lipinski definition) is 3. The minimum atomic E-state index is -3.61. The summed E-state index contributed by atoms with van der Waals surface area (Å²) >= 11 is 3.27. The lowest BCUT2D eigenvalue weighted by Crippen LogP contribution is -2.03. The van der Waals surface area contributed by atoms with Gasteiger partial charge in [0.25, 0.3) is 0 Å². The molecule has 6 heteroatoms. The highest BCUT2D eigenvalue weighted by molar-refractivity contribution is 9.10. The number of nitrogen functional groups attached to an aromatic ring is 1.